The minimum Gasteiger partial charge on any atom is -0.465 e. The van der Waals surface area contributed by atoms with Gasteiger partial charge in [-0.15, -0.1) is 10.2 Å². The highest BCUT2D eigenvalue weighted by molar-refractivity contribution is 5.91. The Morgan fingerprint density at radius 3 is 2.41 bits per heavy atom. The van der Waals surface area contributed by atoms with E-state index in [4.69, 9.17) is 4.74 Å². The molecule has 0 amide bonds. The summed E-state index contributed by atoms with van der Waals surface area (Å²) in [6, 6.07) is 15.8. The van der Waals surface area contributed by atoms with E-state index in [1.807, 2.05) is 0 Å². The molecule has 4 rings (SSSR count). The molecule has 0 fully saturated rings. The van der Waals surface area contributed by atoms with Gasteiger partial charge in [-0.2, -0.15) is 18.0 Å². The number of carbonyl (C=O) groups excluding carboxylic acids is 1. The molecule has 4 aromatic rings. The smallest absolute Gasteiger partial charge is 0.416 e. The molecule has 34 heavy (non-hydrogen) atoms. The molecule has 0 aliphatic carbocycles. The average molecular weight is 470 g/mol. The van der Waals surface area contributed by atoms with Gasteiger partial charge in [-0.25, -0.2) is 9.18 Å². The fourth-order valence-electron chi connectivity index (χ4n) is 3.41. The van der Waals surface area contributed by atoms with Gasteiger partial charge >= 0.3 is 12.1 Å². The zero-order valence-corrected chi connectivity index (χ0v) is 17.9. The van der Waals surface area contributed by atoms with Gasteiger partial charge in [-0.05, 0) is 53.1 Å². The molecule has 1 aromatic heterocycles. The molecule has 0 radical (unpaired) electrons. The summed E-state index contributed by atoms with van der Waals surface area (Å²) >= 11 is 0. The minimum atomic E-state index is -4.42. The Balaban J connectivity index is 1.67. The number of hydrogen-bond acceptors (Lipinski definition) is 5. The maximum absolute atomic E-state index is 14.0. The van der Waals surface area contributed by atoms with Gasteiger partial charge in [-0.1, -0.05) is 36.4 Å². The molecule has 0 atom stereocenters. The first kappa shape index (κ1) is 23.1. The zero-order chi connectivity index (χ0) is 24.3. The molecule has 0 saturated heterocycles. The second-order valence-corrected chi connectivity index (χ2v) is 7.47. The van der Waals surface area contributed by atoms with Crippen LogP contribution in [0, 0.1) is 5.82 Å². The summed E-state index contributed by atoms with van der Waals surface area (Å²) < 4.78 is 57.4. The van der Waals surface area contributed by atoms with Gasteiger partial charge in [0.15, 0.2) is 0 Å². The molecule has 0 spiro atoms. The lowest BCUT2D eigenvalue weighted by molar-refractivity contribution is -0.137. The van der Waals surface area contributed by atoms with Gasteiger partial charge in [0.05, 0.1) is 24.8 Å². The summed E-state index contributed by atoms with van der Waals surface area (Å²) in [7, 11) is 1.25. The number of tetrazole rings is 1. The summed E-state index contributed by atoms with van der Waals surface area (Å²) in [4.78, 5) is 13.3. The summed E-state index contributed by atoms with van der Waals surface area (Å²) in [5.74, 6) is -0.790. The molecule has 6 nitrogen and oxygen atoms in total. The Kier molecular flexibility index (Phi) is 6.40. The molecular weight excluding hydrogens is 452 g/mol. The maximum Gasteiger partial charge on any atom is 0.416 e. The number of rotatable bonds is 6. The number of methoxy groups -OCH3 is 1. The second-order valence-electron chi connectivity index (χ2n) is 7.47. The van der Waals surface area contributed by atoms with Crippen LogP contribution in [0.2, 0.25) is 0 Å². The van der Waals surface area contributed by atoms with Gasteiger partial charge in [0.2, 0.25) is 5.82 Å². The number of hydrogen-bond donors (Lipinski definition) is 0. The van der Waals surface area contributed by atoms with Crippen molar-refractivity contribution in [1.29, 1.82) is 0 Å². The van der Waals surface area contributed by atoms with Crippen LogP contribution in [0.1, 0.15) is 32.6 Å². The average Bonchev–Trinajstić information content (AvgIpc) is 3.28. The maximum atomic E-state index is 14.0. The van der Waals surface area contributed by atoms with Crippen molar-refractivity contribution < 1.29 is 27.1 Å². The van der Waals surface area contributed by atoms with E-state index >= 15 is 0 Å². The molecule has 10 heteroatoms. The topological polar surface area (TPSA) is 69.9 Å². The lowest BCUT2D eigenvalue weighted by atomic mass is 9.96. The van der Waals surface area contributed by atoms with Crippen LogP contribution in [0.15, 0.2) is 66.7 Å². The largest absolute Gasteiger partial charge is 0.465 e. The minimum absolute atomic E-state index is 0.0462. The summed E-state index contributed by atoms with van der Waals surface area (Å²) in [6.07, 6.45) is -4.16. The van der Waals surface area contributed by atoms with E-state index in [9.17, 15) is 22.4 Å². The Bertz CT molecular complexity index is 1320. The van der Waals surface area contributed by atoms with Crippen molar-refractivity contribution in [2.45, 2.75) is 19.1 Å². The molecule has 0 aliphatic rings. The Hall–Kier alpha value is -4.08. The van der Waals surface area contributed by atoms with Crippen LogP contribution in [0.25, 0.3) is 11.4 Å². The highest BCUT2D eigenvalue weighted by Gasteiger charge is 2.30. The molecule has 0 unspecified atom stereocenters. The van der Waals surface area contributed by atoms with Crippen LogP contribution >= 0.6 is 0 Å². The van der Waals surface area contributed by atoms with E-state index in [-0.39, 0.29) is 24.4 Å². The van der Waals surface area contributed by atoms with E-state index in [2.05, 4.69) is 15.4 Å². The number of alkyl halides is 3. The summed E-state index contributed by atoms with van der Waals surface area (Å²) in [6.45, 7) is 0.0462. The van der Waals surface area contributed by atoms with Gasteiger partial charge in [-0.3, -0.25) is 0 Å². The lowest BCUT2D eigenvalue weighted by Crippen LogP contribution is -2.06. The highest BCUT2D eigenvalue weighted by Crippen LogP contribution is 2.30. The number of aromatic nitrogens is 4. The Labute approximate surface area is 191 Å². The Morgan fingerprint density at radius 1 is 1.00 bits per heavy atom. The first-order chi connectivity index (χ1) is 16.2. The standard InChI is InChI=1S/C24H18F4N4O2/c1-34-23(33)17-9-8-16(12-15-6-10-19(11-7-15)24(26,27)28)20(13-17)22-29-31-32(30-22)14-18-4-2-3-5-21(18)25/h2-11,13H,12,14H2,1H3. The van der Waals surface area contributed by atoms with Crippen molar-refractivity contribution in [1.82, 2.24) is 20.2 Å². The molecule has 3 aromatic carbocycles. The van der Waals surface area contributed by atoms with Gasteiger partial charge in [0, 0.05) is 11.1 Å². The first-order valence-electron chi connectivity index (χ1n) is 10.1. The SMILES string of the molecule is COC(=O)c1ccc(Cc2ccc(C(F)(F)F)cc2)c(-c2nnn(Cc3ccccc3F)n2)c1. The number of halogens is 4. The van der Waals surface area contributed by atoms with Crippen LogP contribution in [-0.2, 0) is 23.9 Å². The van der Waals surface area contributed by atoms with Crippen LogP contribution < -0.4 is 0 Å². The van der Waals surface area contributed by atoms with Crippen LogP contribution in [-0.4, -0.2) is 33.3 Å². The fourth-order valence-corrected chi connectivity index (χ4v) is 3.41. The van der Waals surface area contributed by atoms with Crippen LogP contribution in [0.5, 0.6) is 0 Å². The zero-order valence-electron chi connectivity index (χ0n) is 17.9. The highest BCUT2D eigenvalue weighted by atomic mass is 19.4. The molecular formula is C24H18F4N4O2. The van der Waals surface area contributed by atoms with E-state index in [1.165, 1.54) is 36.2 Å². The van der Waals surface area contributed by atoms with Gasteiger partial charge in [0.25, 0.3) is 0 Å². The van der Waals surface area contributed by atoms with E-state index in [1.54, 1.807) is 30.3 Å². The van der Waals surface area contributed by atoms with Crippen LogP contribution in [0.4, 0.5) is 17.6 Å². The van der Waals surface area contributed by atoms with Crippen molar-refractivity contribution in [3.05, 3.63) is 100 Å². The molecule has 0 saturated carbocycles. The molecule has 0 bridgehead atoms. The van der Waals surface area contributed by atoms with Crippen molar-refractivity contribution in [2.24, 2.45) is 0 Å². The summed E-state index contributed by atoms with van der Waals surface area (Å²) in [5, 5.41) is 12.3. The van der Waals surface area contributed by atoms with Crippen LogP contribution in [0.3, 0.4) is 0 Å². The second kappa shape index (κ2) is 9.42. The predicted octanol–water partition coefficient (Wildman–Crippen LogP) is 4.92. The molecule has 174 valence electrons. The fraction of sp³-hybridized carbons (Fsp3) is 0.167. The van der Waals surface area contributed by atoms with Crippen molar-refractivity contribution in [3.8, 4) is 11.4 Å². The third-order valence-corrected chi connectivity index (χ3v) is 5.17. The van der Waals surface area contributed by atoms with Crippen molar-refractivity contribution in [3.63, 3.8) is 0 Å². The van der Waals surface area contributed by atoms with Crippen molar-refractivity contribution >= 4 is 5.97 Å². The van der Waals surface area contributed by atoms with Gasteiger partial charge in [0.1, 0.15) is 5.82 Å². The first-order valence-corrected chi connectivity index (χ1v) is 10.1. The Morgan fingerprint density at radius 2 is 1.74 bits per heavy atom. The normalized spacial score (nSPS) is 11.4. The third-order valence-electron chi connectivity index (χ3n) is 5.17. The third kappa shape index (κ3) is 5.11. The monoisotopic (exact) mass is 470 g/mol. The number of ether oxygens (including phenoxy) is 1. The number of carbonyl (C=O) groups is 1. The summed E-state index contributed by atoms with van der Waals surface area (Å²) in [5.41, 5.74) is 1.63. The number of esters is 1. The van der Waals surface area contributed by atoms with Gasteiger partial charge < -0.3 is 4.74 Å². The predicted molar refractivity (Wildman–Crippen MR) is 114 cm³/mol. The van der Waals surface area contributed by atoms with E-state index < -0.39 is 23.5 Å². The lowest BCUT2D eigenvalue weighted by Gasteiger charge is -2.11. The molecule has 0 N–H and O–H groups in total. The molecule has 0 aliphatic heterocycles. The number of nitrogens with zero attached hydrogens (tertiary/aromatic N) is 4. The van der Waals surface area contributed by atoms with Crippen molar-refractivity contribution in [2.75, 3.05) is 7.11 Å². The quantitative estimate of drug-likeness (QED) is 0.296. The van der Waals surface area contributed by atoms with E-state index in [0.717, 1.165) is 12.1 Å². The number of benzene rings is 3. The van der Waals surface area contributed by atoms with E-state index in [0.29, 0.717) is 22.3 Å². The molecule has 1 heterocycles.